The molecule has 0 amide bonds. The monoisotopic (exact) mass is 172 g/mol. The standard InChI is InChI=1S/C11H12N2/c1-3-4-5-10(2)13-11-6-8-12-9-7-11/h3-9H,1-2H2,(H,12,13)/b5-4-. The van der Waals surface area contributed by atoms with Gasteiger partial charge in [0, 0.05) is 23.8 Å². The Labute approximate surface area is 78.3 Å². The summed E-state index contributed by atoms with van der Waals surface area (Å²) in [4.78, 5) is 3.91. The predicted molar refractivity (Wildman–Crippen MR) is 56.3 cm³/mol. The van der Waals surface area contributed by atoms with E-state index in [2.05, 4.69) is 23.5 Å². The maximum absolute atomic E-state index is 3.91. The Bertz CT molecular complexity index is 312. The molecule has 0 unspecified atom stereocenters. The maximum atomic E-state index is 3.91. The van der Waals surface area contributed by atoms with E-state index in [4.69, 9.17) is 0 Å². The molecule has 1 rings (SSSR count). The van der Waals surface area contributed by atoms with Crippen molar-refractivity contribution in [3.63, 3.8) is 0 Å². The largest absolute Gasteiger partial charge is 0.356 e. The van der Waals surface area contributed by atoms with E-state index < -0.39 is 0 Å². The number of pyridine rings is 1. The van der Waals surface area contributed by atoms with Gasteiger partial charge in [-0.15, -0.1) is 0 Å². The molecule has 0 aromatic carbocycles. The van der Waals surface area contributed by atoms with Crippen LogP contribution in [0.5, 0.6) is 0 Å². The normalized spacial score (nSPS) is 9.85. The number of rotatable bonds is 4. The summed E-state index contributed by atoms with van der Waals surface area (Å²) in [5, 5.41) is 3.11. The number of nitrogens with zero attached hydrogens (tertiary/aromatic N) is 1. The van der Waals surface area contributed by atoms with Gasteiger partial charge in [-0.25, -0.2) is 0 Å². The molecule has 0 aliphatic rings. The first kappa shape index (κ1) is 9.26. The lowest BCUT2D eigenvalue weighted by molar-refractivity contribution is 1.32. The van der Waals surface area contributed by atoms with E-state index in [1.54, 1.807) is 18.5 Å². The zero-order valence-corrected chi connectivity index (χ0v) is 7.40. The SMILES string of the molecule is C=C/C=C\C(=C)Nc1ccncc1. The molecule has 66 valence electrons. The summed E-state index contributed by atoms with van der Waals surface area (Å²) >= 11 is 0. The van der Waals surface area contributed by atoms with Crippen molar-refractivity contribution in [2.45, 2.75) is 0 Å². The Balaban J connectivity index is 2.55. The maximum Gasteiger partial charge on any atom is 0.0414 e. The van der Waals surface area contributed by atoms with E-state index in [1.165, 1.54) is 0 Å². The smallest absolute Gasteiger partial charge is 0.0414 e. The molecule has 0 aliphatic carbocycles. The third-order valence-electron chi connectivity index (χ3n) is 1.42. The second kappa shape index (κ2) is 4.93. The van der Waals surface area contributed by atoms with Crippen LogP contribution < -0.4 is 5.32 Å². The van der Waals surface area contributed by atoms with Crippen LogP contribution in [0.2, 0.25) is 0 Å². The lowest BCUT2D eigenvalue weighted by atomic mass is 10.3. The third kappa shape index (κ3) is 3.38. The van der Waals surface area contributed by atoms with E-state index >= 15 is 0 Å². The number of allylic oxidation sites excluding steroid dienone is 3. The van der Waals surface area contributed by atoms with Crippen molar-refractivity contribution in [2.24, 2.45) is 0 Å². The minimum absolute atomic E-state index is 0.825. The van der Waals surface area contributed by atoms with Crippen molar-refractivity contribution >= 4 is 5.69 Å². The highest BCUT2D eigenvalue weighted by Crippen LogP contribution is 2.06. The Morgan fingerprint density at radius 1 is 1.38 bits per heavy atom. The molecule has 1 heterocycles. The van der Waals surface area contributed by atoms with Crippen LogP contribution in [-0.2, 0) is 0 Å². The molecular weight excluding hydrogens is 160 g/mol. The first-order chi connectivity index (χ1) is 6.33. The minimum atomic E-state index is 0.825. The quantitative estimate of drug-likeness (QED) is 0.706. The van der Waals surface area contributed by atoms with Crippen molar-refractivity contribution in [3.8, 4) is 0 Å². The zero-order chi connectivity index (χ0) is 9.52. The Kier molecular flexibility index (Phi) is 3.51. The van der Waals surface area contributed by atoms with Gasteiger partial charge in [-0.1, -0.05) is 25.3 Å². The van der Waals surface area contributed by atoms with E-state index in [0.717, 1.165) is 11.4 Å². The molecular formula is C11H12N2. The van der Waals surface area contributed by atoms with Crippen LogP contribution in [0.1, 0.15) is 0 Å². The summed E-state index contributed by atoms with van der Waals surface area (Å²) in [6.45, 7) is 7.40. The fourth-order valence-electron chi connectivity index (χ4n) is 0.847. The van der Waals surface area contributed by atoms with Crippen LogP contribution in [0.25, 0.3) is 0 Å². The highest BCUT2D eigenvalue weighted by atomic mass is 14.9. The van der Waals surface area contributed by atoms with Crippen molar-refractivity contribution in [1.82, 2.24) is 4.98 Å². The second-order valence-corrected chi connectivity index (χ2v) is 2.48. The molecule has 0 atom stereocenters. The third-order valence-corrected chi connectivity index (χ3v) is 1.42. The van der Waals surface area contributed by atoms with Crippen LogP contribution in [0, 0.1) is 0 Å². The first-order valence-electron chi connectivity index (χ1n) is 3.98. The molecule has 0 radical (unpaired) electrons. The Hall–Kier alpha value is -1.83. The van der Waals surface area contributed by atoms with Gasteiger partial charge in [-0.3, -0.25) is 4.98 Å². The summed E-state index contributed by atoms with van der Waals surface area (Å²) in [6, 6.07) is 3.76. The number of hydrogen-bond donors (Lipinski definition) is 1. The van der Waals surface area contributed by atoms with Crippen molar-refractivity contribution in [1.29, 1.82) is 0 Å². The number of nitrogens with one attached hydrogen (secondary N) is 1. The van der Waals surface area contributed by atoms with E-state index in [9.17, 15) is 0 Å². The molecule has 2 heteroatoms. The lowest BCUT2D eigenvalue weighted by Gasteiger charge is -2.03. The van der Waals surface area contributed by atoms with Gasteiger partial charge in [0.2, 0.25) is 0 Å². The molecule has 0 aliphatic heterocycles. The summed E-state index contributed by atoms with van der Waals surface area (Å²) in [5.74, 6) is 0. The van der Waals surface area contributed by atoms with E-state index in [0.29, 0.717) is 0 Å². The number of hydrogen-bond acceptors (Lipinski definition) is 2. The molecule has 0 saturated heterocycles. The van der Waals surface area contributed by atoms with Crippen molar-refractivity contribution in [2.75, 3.05) is 5.32 Å². The molecule has 0 saturated carbocycles. The molecule has 1 aromatic rings. The molecule has 0 fully saturated rings. The molecule has 2 nitrogen and oxygen atoms in total. The van der Waals surface area contributed by atoms with Gasteiger partial charge in [0.1, 0.15) is 0 Å². The molecule has 0 bridgehead atoms. The van der Waals surface area contributed by atoms with Gasteiger partial charge >= 0.3 is 0 Å². The van der Waals surface area contributed by atoms with Gasteiger partial charge in [0.25, 0.3) is 0 Å². The topological polar surface area (TPSA) is 24.9 Å². The van der Waals surface area contributed by atoms with Gasteiger partial charge in [-0.05, 0) is 18.2 Å². The van der Waals surface area contributed by atoms with Gasteiger partial charge < -0.3 is 5.32 Å². The van der Waals surface area contributed by atoms with Crippen LogP contribution in [0.15, 0.2) is 61.6 Å². The van der Waals surface area contributed by atoms with Gasteiger partial charge in [0.15, 0.2) is 0 Å². The lowest BCUT2D eigenvalue weighted by Crippen LogP contribution is -1.94. The van der Waals surface area contributed by atoms with Crippen LogP contribution >= 0.6 is 0 Å². The summed E-state index contributed by atoms with van der Waals surface area (Å²) < 4.78 is 0. The Morgan fingerprint density at radius 3 is 2.69 bits per heavy atom. The summed E-state index contributed by atoms with van der Waals surface area (Å²) in [7, 11) is 0. The zero-order valence-electron chi connectivity index (χ0n) is 7.40. The minimum Gasteiger partial charge on any atom is -0.356 e. The number of aromatic nitrogens is 1. The van der Waals surface area contributed by atoms with Gasteiger partial charge in [-0.2, -0.15) is 0 Å². The number of anilines is 1. The molecule has 1 aromatic heterocycles. The van der Waals surface area contributed by atoms with Crippen LogP contribution in [-0.4, -0.2) is 4.98 Å². The fraction of sp³-hybridized carbons (Fsp3) is 0. The van der Waals surface area contributed by atoms with Crippen LogP contribution in [0.3, 0.4) is 0 Å². The van der Waals surface area contributed by atoms with Crippen molar-refractivity contribution in [3.05, 3.63) is 61.6 Å². The van der Waals surface area contributed by atoms with Crippen LogP contribution in [0.4, 0.5) is 5.69 Å². The Morgan fingerprint density at radius 2 is 2.08 bits per heavy atom. The second-order valence-electron chi connectivity index (χ2n) is 2.48. The van der Waals surface area contributed by atoms with E-state index in [-0.39, 0.29) is 0 Å². The summed E-state index contributed by atoms with van der Waals surface area (Å²) in [5.41, 5.74) is 1.81. The first-order valence-corrected chi connectivity index (χ1v) is 3.98. The highest BCUT2D eigenvalue weighted by molar-refractivity contribution is 5.48. The summed E-state index contributed by atoms with van der Waals surface area (Å²) in [6.07, 6.45) is 8.85. The molecule has 13 heavy (non-hydrogen) atoms. The van der Waals surface area contributed by atoms with E-state index in [1.807, 2.05) is 24.3 Å². The van der Waals surface area contributed by atoms with Gasteiger partial charge in [0.05, 0.1) is 0 Å². The molecule has 1 N–H and O–H groups in total. The molecule has 0 spiro atoms. The average molecular weight is 172 g/mol. The fourth-order valence-corrected chi connectivity index (χ4v) is 0.847. The predicted octanol–water partition coefficient (Wildman–Crippen LogP) is 2.75. The average Bonchev–Trinajstić information content (AvgIpc) is 2.16. The van der Waals surface area contributed by atoms with Crippen molar-refractivity contribution < 1.29 is 0 Å². The highest BCUT2D eigenvalue weighted by Gasteiger charge is 1.88.